The maximum Gasteiger partial charge on any atom is 0.329 e. The molecule has 0 spiro atoms. The van der Waals surface area contributed by atoms with Crippen molar-refractivity contribution in [2.24, 2.45) is 0 Å². The summed E-state index contributed by atoms with van der Waals surface area (Å²) in [4.78, 5) is 23.9. The molecule has 7 heteroatoms. The van der Waals surface area contributed by atoms with E-state index in [1.54, 1.807) is 13.0 Å². The number of nitrogens with one attached hydrogen (secondary N) is 1. The zero-order chi connectivity index (χ0) is 19.1. The molecule has 1 aromatic heterocycles. The van der Waals surface area contributed by atoms with Crippen LogP contribution in [0.4, 0.5) is 0 Å². The molecular weight excluding hydrogens is 354 g/mol. The van der Waals surface area contributed by atoms with E-state index in [1.807, 2.05) is 32.0 Å². The van der Waals surface area contributed by atoms with Gasteiger partial charge in [-0.25, -0.2) is 4.79 Å². The Hall–Kier alpha value is -2.41. The molecule has 140 valence electrons. The first-order valence-corrected chi connectivity index (χ1v) is 8.95. The van der Waals surface area contributed by atoms with Crippen LogP contribution < -0.4 is 10.1 Å². The van der Waals surface area contributed by atoms with Gasteiger partial charge in [-0.05, 0) is 56.2 Å². The Kier molecular flexibility index (Phi) is 7.15. The van der Waals surface area contributed by atoms with Gasteiger partial charge in [0, 0.05) is 5.75 Å². The summed E-state index contributed by atoms with van der Waals surface area (Å²) >= 11 is 4.06. The molecule has 0 aliphatic rings. The van der Waals surface area contributed by atoms with Crippen LogP contribution >= 0.6 is 12.6 Å². The van der Waals surface area contributed by atoms with Gasteiger partial charge < -0.3 is 19.2 Å². The number of rotatable bonds is 8. The van der Waals surface area contributed by atoms with Crippen LogP contribution in [0, 0.1) is 13.8 Å². The monoisotopic (exact) mass is 377 g/mol. The van der Waals surface area contributed by atoms with E-state index in [4.69, 9.17) is 13.9 Å². The van der Waals surface area contributed by atoms with E-state index in [2.05, 4.69) is 17.9 Å². The molecule has 0 fully saturated rings. The summed E-state index contributed by atoms with van der Waals surface area (Å²) < 4.78 is 16.1. The number of hydrogen-bond acceptors (Lipinski definition) is 6. The van der Waals surface area contributed by atoms with Crippen molar-refractivity contribution in [3.63, 3.8) is 0 Å². The molecule has 0 saturated heterocycles. The van der Waals surface area contributed by atoms with Crippen molar-refractivity contribution in [2.45, 2.75) is 33.4 Å². The third-order valence-electron chi connectivity index (χ3n) is 3.80. The predicted molar refractivity (Wildman–Crippen MR) is 101 cm³/mol. The Balaban J connectivity index is 1.94. The first-order chi connectivity index (χ1) is 12.4. The first kappa shape index (κ1) is 19.9. The summed E-state index contributed by atoms with van der Waals surface area (Å²) in [5.41, 5.74) is 2.33. The zero-order valence-electron chi connectivity index (χ0n) is 15.1. The molecule has 0 aliphatic heterocycles. The van der Waals surface area contributed by atoms with Crippen LogP contribution in [0.25, 0.3) is 0 Å². The molecule has 0 unspecified atom stereocenters. The second-order valence-corrected chi connectivity index (χ2v) is 6.13. The molecule has 1 heterocycles. The predicted octanol–water partition coefficient (Wildman–Crippen LogP) is 3.07. The third-order valence-corrected chi connectivity index (χ3v) is 4.17. The Morgan fingerprint density at radius 1 is 1.19 bits per heavy atom. The second kappa shape index (κ2) is 9.33. The van der Waals surface area contributed by atoms with Gasteiger partial charge in [-0.1, -0.05) is 6.07 Å². The van der Waals surface area contributed by atoms with Gasteiger partial charge in [0.2, 0.25) is 0 Å². The summed E-state index contributed by atoms with van der Waals surface area (Å²) in [7, 11) is 0. The Morgan fingerprint density at radius 2 is 1.96 bits per heavy atom. The van der Waals surface area contributed by atoms with Gasteiger partial charge in [0.25, 0.3) is 5.91 Å². The Labute approximate surface area is 158 Å². The molecule has 1 N–H and O–H groups in total. The van der Waals surface area contributed by atoms with E-state index in [0.29, 0.717) is 5.76 Å². The molecule has 2 rings (SSSR count). The molecule has 2 aromatic rings. The maximum absolute atomic E-state index is 12.2. The van der Waals surface area contributed by atoms with Gasteiger partial charge in [-0.3, -0.25) is 4.79 Å². The van der Waals surface area contributed by atoms with Crippen molar-refractivity contribution >= 4 is 24.5 Å². The van der Waals surface area contributed by atoms with Crippen LogP contribution in [-0.2, 0) is 16.1 Å². The molecular formula is C19H23NO5S. The highest BCUT2D eigenvalue weighted by Crippen LogP contribution is 2.18. The van der Waals surface area contributed by atoms with E-state index < -0.39 is 17.9 Å². The molecule has 0 radical (unpaired) electrons. The number of esters is 1. The lowest BCUT2D eigenvalue weighted by Crippen LogP contribution is -2.43. The number of furan rings is 1. The fourth-order valence-corrected chi connectivity index (χ4v) is 2.43. The molecule has 1 aromatic carbocycles. The third kappa shape index (κ3) is 5.29. The minimum absolute atomic E-state index is 0.0970. The number of hydrogen-bond donors (Lipinski definition) is 2. The van der Waals surface area contributed by atoms with Gasteiger partial charge in [-0.2, -0.15) is 12.6 Å². The highest BCUT2D eigenvalue weighted by atomic mass is 32.1. The van der Waals surface area contributed by atoms with Crippen molar-refractivity contribution < 1.29 is 23.5 Å². The first-order valence-electron chi connectivity index (χ1n) is 8.31. The minimum atomic E-state index is -0.828. The van der Waals surface area contributed by atoms with Crippen molar-refractivity contribution in [2.75, 3.05) is 12.4 Å². The number of benzene rings is 1. The van der Waals surface area contributed by atoms with Crippen LogP contribution in [0.2, 0.25) is 0 Å². The van der Waals surface area contributed by atoms with E-state index in [-0.39, 0.29) is 24.7 Å². The van der Waals surface area contributed by atoms with Gasteiger partial charge in [-0.15, -0.1) is 0 Å². The number of amides is 1. The van der Waals surface area contributed by atoms with Gasteiger partial charge >= 0.3 is 5.97 Å². The molecule has 0 bridgehead atoms. The van der Waals surface area contributed by atoms with E-state index >= 15 is 0 Å². The molecule has 1 atom stereocenters. The molecule has 0 saturated carbocycles. The molecule has 6 nitrogen and oxygen atoms in total. The highest BCUT2D eigenvalue weighted by molar-refractivity contribution is 7.80. The SMILES string of the molecule is CCOC(=O)[C@H](CS)NC(=O)c1ccc(COc2ccc(C)c(C)c2)o1. The van der Waals surface area contributed by atoms with Crippen LogP contribution in [0.3, 0.4) is 0 Å². The standard InChI is InChI=1S/C19H23NO5S/c1-4-23-19(22)16(11-26)20-18(21)17-8-7-15(25-17)10-24-14-6-5-12(2)13(3)9-14/h5-9,16,26H,4,10-11H2,1-3H3,(H,20,21)/t16-/m0/s1. The van der Waals surface area contributed by atoms with Crippen LogP contribution in [0.5, 0.6) is 5.75 Å². The number of aryl methyl sites for hydroxylation is 2. The summed E-state index contributed by atoms with van der Waals surface area (Å²) in [6.45, 7) is 6.18. The van der Waals surface area contributed by atoms with Gasteiger partial charge in [0.1, 0.15) is 24.2 Å². The number of carbonyl (C=O) groups is 2. The summed E-state index contributed by atoms with van der Waals surface area (Å²) in [6.07, 6.45) is 0. The number of carbonyl (C=O) groups excluding carboxylic acids is 2. The maximum atomic E-state index is 12.2. The van der Waals surface area contributed by atoms with E-state index in [1.165, 1.54) is 11.6 Å². The normalized spacial score (nSPS) is 11.7. The zero-order valence-corrected chi connectivity index (χ0v) is 16.0. The van der Waals surface area contributed by atoms with E-state index in [0.717, 1.165) is 11.3 Å². The van der Waals surface area contributed by atoms with E-state index in [9.17, 15) is 9.59 Å². The van der Waals surface area contributed by atoms with Crippen molar-refractivity contribution in [3.8, 4) is 5.75 Å². The summed E-state index contributed by atoms with van der Waals surface area (Å²) in [6, 6.07) is 8.19. The number of ether oxygens (including phenoxy) is 2. The number of thiol groups is 1. The topological polar surface area (TPSA) is 77.8 Å². The fourth-order valence-electron chi connectivity index (χ4n) is 2.19. The second-order valence-electron chi connectivity index (χ2n) is 5.76. The highest BCUT2D eigenvalue weighted by Gasteiger charge is 2.22. The van der Waals surface area contributed by atoms with Crippen molar-refractivity contribution in [3.05, 3.63) is 53.0 Å². The lowest BCUT2D eigenvalue weighted by atomic mass is 10.1. The smallest absolute Gasteiger partial charge is 0.329 e. The fraction of sp³-hybridized carbons (Fsp3) is 0.368. The molecule has 1 amide bonds. The lowest BCUT2D eigenvalue weighted by Gasteiger charge is -2.14. The minimum Gasteiger partial charge on any atom is -0.486 e. The Bertz CT molecular complexity index is 771. The van der Waals surface area contributed by atoms with Crippen LogP contribution in [0.1, 0.15) is 34.4 Å². The van der Waals surface area contributed by atoms with Crippen molar-refractivity contribution in [1.29, 1.82) is 0 Å². The molecule has 0 aliphatic carbocycles. The lowest BCUT2D eigenvalue weighted by molar-refractivity contribution is -0.144. The summed E-state index contributed by atoms with van der Waals surface area (Å²) in [5, 5.41) is 2.54. The van der Waals surface area contributed by atoms with Gasteiger partial charge in [0.05, 0.1) is 6.61 Å². The Morgan fingerprint density at radius 3 is 2.62 bits per heavy atom. The molecule has 26 heavy (non-hydrogen) atoms. The van der Waals surface area contributed by atoms with Crippen LogP contribution in [0.15, 0.2) is 34.7 Å². The van der Waals surface area contributed by atoms with Crippen molar-refractivity contribution in [1.82, 2.24) is 5.32 Å². The van der Waals surface area contributed by atoms with Crippen LogP contribution in [-0.4, -0.2) is 30.3 Å². The summed E-state index contributed by atoms with van der Waals surface area (Å²) in [5.74, 6) is 0.434. The largest absolute Gasteiger partial charge is 0.486 e. The van der Waals surface area contributed by atoms with Gasteiger partial charge in [0.15, 0.2) is 5.76 Å². The quantitative estimate of drug-likeness (QED) is 0.546. The average Bonchev–Trinajstić information content (AvgIpc) is 3.09. The average molecular weight is 377 g/mol.